The van der Waals surface area contributed by atoms with Crippen molar-refractivity contribution in [3.05, 3.63) is 30.1 Å². The van der Waals surface area contributed by atoms with Crippen LogP contribution in [-0.4, -0.2) is 16.1 Å². The first-order chi connectivity index (χ1) is 9.83. The van der Waals surface area contributed by atoms with Crippen LogP contribution in [0.25, 0.3) is 11.0 Å². The second-order valence-electron chi connectivity index (χ2n) is 5.52. The maximum Gasteiger partial charge on any atom is 0.123 e. The van der Waals surface area contributed by atoms with Crippen molar-refractivity contribution in [2.75, 3.05) is 6.54 Å². The predicted molar refractivity (Wildman–Crippen MR) is 85.8 cm³/mol. The Labute approximate surface area is 122 Å². The summed E-state index contributed by atoms with van der Waals surface area (Å²) in [5.74, 6) is 1.12. The Morgan fingerprint density at radius 2 is 1.80 bits per heavy atom. The lowest BCUT2D eigenvalue weighted by Gasteiger charge is -2.05. The second-order valence-corrected chi connectivity index (χ2v) is 5.52. The van der Waals surface area contributed by atoms with E-state index in [1.54, 1.807) is 0 Å². The number of unbranched alkanes of at least 4 members (excludes halogenated alkanes) is 5. The number of aryl methyl sites for hydroxylation is 1. The van der Waals surface area contributed by atoms with E-state index in [0.29, 0.717) is 0 Å². The number of nitrogens with zero attached hydrogens (tertiary/aromatic N) is 2. The molecule has 0 spiro atoms. The molecule has 0 aliphatic heterocycles. The van der Waals surface area contributed by atoms with Gasteiger partial charge in [0.15, 0.2) is 0 Å². The van der Waals surface area contributed by atoms with Crippen molar-refractivity contribution in [3.63, 3.8) is 0 Å². The highest BCUT2D eigenvalue weighted by Gasteiger charge is 2.05. The van der Waals surface area contributed by atoms with Crippen LogP contribution < -0.4 is 5.32 Å². The highest BCUT2D eigenvalue weighted by atomic mass is 15.1. The van der Waals surface area contributed by atoms with Gasteiger partial charge in [0.1, 0.15) is 5.82 Å². The number of rotatable bonds is 9. The summed E-state index contributed by atoms with van der Waals surface area (Å²) < 4.78 is 2.18. The summed E-state index contributed by atoms with van der Waals surface area (Å²) >= 11 is 0. The van der Waals surface area contributed by atoms with Gasteiger partial charge in [-0.3, -0.25) is 0 Å². The molecule has 3 nitrogen and oxygen atoms in total. The molecule has 1 heterocycles. The molecule has 0 saturated carbocycles. The Bertz CT molecular complexity index is 516. The topological polar surface area (TPSA) is 29.9 Å². The monoisotopic (exact) mass is 273 g/mol. The zero-order valence-electron chi connectivity index (χ0n) is 12.9. The normalized spacial score (nSPS) is 11.3. The van der Waals surface area contributed by atoms with E-state index in [1.165, 1.54) is 44.0 Å². The molecule has 1 N–H and O–H groups in total. The third kappa shape index (κ3) is 4.07. The van der Waals surface area contributed by atoms with Crippen molar-refractivity contribution in [1.29, 1.82) is 0 Å². The van der Waals surface area contributed by atoms with Crippen LogP contribution in [0.3, 0.4) is 0 Å². The zero-order valence-corrected chi connectivity index (χ0v) is 12.9. The van der Waals surface area contributed by atoms with Gasteiger partial charge in [-0.1, -0.05) is 51.2 Å². The fraction of sp³-hybridized carbons (Fsp3) is 0.588. The number of para-hydroxylation sites is 2. The Hall–Kier alpha value is -1.35. The molecule has 2 aromatic rings. The van der Waals surface area contributed by atoms with Crippen molar-refractivity contribution in [2.45, 2.75) is 52.0 Å². The number of fused-ring (bicyclic) bond motifs is 1. The lowest BCUT2D eigenvalue weighted by Crippen LogP contribution is -2.17. The quantitative estimate of drug-likeness (QED) is 0.699. The molecule has 1 aromatic carbocycles. The fourth-order valence-corrected chi connectivity index (χ4v) is 2.58. The minimum atomic E-state index is 0.861. The van der Waals surface area contributed by atoms with E-state index in [1.807, 2.05) is 6.07 Å². The molecule has 0 saturated heterocycles. The Morgan fingerprint density at radius 1 is 1.05 bits per heavy atom. The third-order valence-corrected chi connectivity index (χ3v) is 3.87. The van der Waals surface area contributed by atoms with E-state index in [-0.39, 0.29) is 0 Å². The van der Waals surface area contributed by atoms with Gasteiger partial charge in [0, 0.05) is 7.05 Å². The number of aromatic nitrogens is 2. The van der Waals surface area contributed by atoms with E-state index in [9.17, 15) is 0 Å². The average molecular weight is 273 g/mol. The number of benzene rings is 1. The Morgan fingerprint density at radius 3 is 2.60 bits per heavy atom. The van der Waals surface area contributed by atoms with Crippen molar-refractivity contribution in [2.24, 2.45) is 7.05 Å². The minimum absolute atomic E-state index is 0.861. The highest BCUT2D eigenvalue weighted by molar-refractivity contribution is 5.75. The summed E-state index contributed by atoms with van der Waals surface area (Å²) in [6.07, 6.45) is 8.09. The summed E-state index contributed by atoms with van der Waals surface area (Å²) in [6, 6.07) is 8.31. The second kappa shape index (κ2) is 8.05. The fourth-order valence-electron chi connectivity index (χ4n) is 2.58. The van der Waals surface area contributed by atoms with Gasteiger partial charge in [-0.25, -0.2) is 4.98 Å². The first kappa shape index (κ1) is 15.0. The van der Waals surface area contributed by atoms with Crippen molar-refractivity contribution in [3.8, 4) is 0 Å². The molecule has 0 bridgehead atoms. The lowest BCUT2D eigenvalue weighted by molar-refractivity contribution is 0.562. The lowest BCUT2D eigenvalue weighted by atomic mass is 10.1. The molecule has 0 fully saturated rings. The SMILES string of the molecule is CCCCCCCCNCc1nc2ccccc2n1C. The molecular weight excluding hydrogens is 246 g/mol. The van der Waals surface area contributed by atoms with Crippen LogP contribution in [0.5, 0.6) is 0 Å². The van der Waals surface area contributed by atoms with Crippen LogP contribution in [-0.2, 0) is 13.6 Å². The van der Waals surface area contributed by atoms with E-state index in [4.69, 9.17) is 0 Å². The molecule has 0 radical (unpaired) electrons. The average Bonchev–Trinajstić information content (AvgIpc) is 2.79. The maximum atomic E-state index is 4.67. The molecule has 0 aliphatic rings. The van der Waals surface area contributed by atoms with Gasteiger partial charge in [-0.15, -0.1) is 0 Å². The molecular formula is C17H27N3. The Kier molecular flexibility index (Phi) is 6.06. The van der Waals surface area contributed by atoms with Crippen LogP contribution in [0, 0.1) is 0 Å². The van der Waals surface area contributed by atoms with Crippen LogP contribution in [0.4, 0.5) is 0 Å². The maximum absolute atomic E-state index is 4.67. The summed E-state index contributed by atoms with van der Waals surface area (Å²) in [4.78, 5) is 4.67. The van der Waals surface area contributed by atoms with Crippen LogP contribution >= 0.6 is 0 Å². The first-order valence-corrected chi connectivity index (χ1v) is 7.94. The highest BCUT2D eigenvalue weighted by Crippen LogP contribution is 2.13. The molecule has 0 unspecified atom stereocenters. The smallest absolute Gasteiger partial charge is 0.123 e. The molecule has 20 heavy (non-hydrogen) atoms. The van der Waals surface area contributed by atoms with E-state index in [2.05, 4.69) is 47.0 Å². The summed E-state index contributed by atoms with van der Waals surface area (Å²) in [5.41, 5.74) is 2.30. The molecule has 2 rings (SSSR count). The Balaban J connectivity index is 1.69. The molecule has 0 aliphatic carbocycles. The zero-order chi connectivity index (χ0) is 14.2. The summed E-state index contributed by atoms with van der Waals surface area (Å²) in [5, 5.41) is 3.51. The van der Waals surface area contributed by atoms with Crippen LogP contribution in [0.1, 0.15) is 51.3 Å². The number of hydrogen-bond acceptors (Lipinski definition) is 2. The molecule has 0 atom stereocenters. The van der Waals surface area contributed by atoms with Crippen molar-refractivity contribution >= 4 is 11.0 Å². The summed E-state index contributed by atoms with van der Waals surface area (Å²) in [6.45, 7) is 4.22. The van der Waals surface area contributed by atoms with Gasteiger partial charge in [-0.2, -0.15) is 0 Å². The number of imidazole rings is 1. The molecule has 110 valence electrons. The van der Waals surface area contributed by atoms with E-state index >= 15 is 0 Å². The van der Waals surface area contributed by atoms with Crippen LogP contribution in [0.15, 0.2) is 24.3 Å². The van der Waals surface area contributed by atoms with E-state index < -0.39 is 0 Å². The van der Waals surface area contributed by atoms with Gasteiger partial charge in [0.05, 0.1) is 17.6 Å². The third-order valence-electron chi connectivity index (χ3n) is 3.87. The molecule has 0 amide bonds. The van der Waals surface area contributed by atoms with Crippen molar-refractivity contribution < 1.29 is 0 Å². The minimum Gasteiger partial charge on any atom is -0.330 e. The van der Waals surface area contributed by atoms with Gasteiger partial charge in [0.25, 0.3) is 0 Å². The van der Waals surface area contributed by atoms with Gasteiger partial charge < -0.3 is 9.88 Å². The molecule has 1 aromatic heterocycles. The molecule has 3 heteroatoms. The van der Waals surface area contributed by atoms with Gasteiger partial charge in [0.2, 0.25) is 0 Å². The standard InChI is InChI=1S/C17H27N3/c1-3-4-5-6-7-10-13-18-14-17-19-15-11-8-9-12-16(15)20(17)2/h8-9,11-12,18H,3-7,10,13-14H2,1-2H3. The number of hydrogen-bond donors (Lipinski definition) is 1. The van der Waals surface area contributed by atoms with Gasteiger partial charge in [-0.05, 0) is 25.1 Å². The van der Waals surface area contributed by atoms with Gasteiger partial charge >= 0.3 is 0 Å². The number of nitrogens with one attached hydrogen (secondary N) is 1. The first-order valence-electron chi connectivity index (χ1n) is 7.94. The predicted octanol–water partition coefficient (Wildman–Crippen LogP) is 4.02. The van der Waals surface area contributed by atoms with E-state index in [0.717, 1.165) is 24.4 Å². The van der Waals surface area contributed by atoms with Crippen molar-refractivity contribution in [1.82, 2.24) is 14.9 Å². The summed E-state index contributed by atoms with van der Waals surface area (Å²) in [7, 11) is 2.09. The van der Waals surface area contributed by atoms with Crippen LogP contribution in [0.2, 0.25) is 0 Å². The largest absolute Gasteiger partial charge is 0.330 e.